The highest BCUT2D eigenvalue weighted by molar-refractivity contribution is 5.92. The molecule has 0 aromatic rings. The maximum Gasteiger partial charge on any atom is 0.159 e. The van der Waals surface area contributed by atoms with Crippen molar-refractivity contribution in [3.05, 3.63) is 23.8 Å². The maximum atomic E-state index is 10.9. The minimum absolute atomic E-state index is 0.143. The Morgan fingerprint density at radius 3 is 2.54 bits per heavy atom. The van der Waals surface area contributed by atoms with E-state index in [4.69, 9.17) is 5.84 Å². The lowest BCUT2D eigenvalue weighted by atomic mass is 9.92. The number of carbonyl (C=O) groups excluding carboxylic acids is 1. The highest BCUT2D eigenvalue weighted by atomic mass is 16.1. The number of allylic oxidation sites excluding steroid dienone is 2. The Balaban J connectivity index is 2.71. The normalized spacial score (nSPS) is 19.1. The molecule has 0 aromatic heterocycles. The largest absolute Gasteiger partial charge is 0.295 e. The summed E-state index contributed by atoms with van der Waals surface area (Å²) < 4.78 is 0. The van der Waals surface area contributed by atoms with E-state index in [1.807, 2.05) is 12.2 Å². The predicted octanol–water partition coefficient (Wildman–Crippen LogP) is 0.930. The Morgan fingerprint density at radius 1 is 1.46 bits per heavy atom. The molecule has 0 bridgehead atoms. The number of rotatable bonds is 3. The molecule has 3 nitrogen and oxygen atoms in total. The van der Waals surface area contributed by atoms with Crippen molar-refractivity contribution < 1.29 is 4.79 Å². The van der Waals surface area contributed by atoms with Crippen LogP contribution in [0.5, 0.6) is 0 Å². The molecular formula is C10H16N2O. The van der Waals surface area contributed by atoms with Gasteiger partial charge in [0.25, 0.3) is 0 Å². The number of carbonyl (C=O) groups is 1. The molecule has 1 rings (SSSR count). The molecule has 0 saturated carbocycles. The zero-order valence-electron chi connectivity index (χ0n) is 8.08. The molecule has 3 N–H and O–H groups in total. The minimum Gasteiger partial charge on any atom is -0.295 e. The van der Waals surface area contributed by atoms with E-state index >= 15 is 0 Å². The molecule has 1 aliphatic carbocycles. The van der Waals surface area contributed by atoms with Gasteiger partial charge in [0.15, 0.2) is 5.78 Å². The molecule has 0 aliphatic heterocycles. The third-order valence-corrected chi connectivity index (χ3v) is 2.21. The van der Waals surface area contributed by atoms with Crippen molar-refractivity contribution in [3.8, 4) is 0 Å². The minimum atomic E-state index is 0.143. The van der Waals surface area contributed by atoms with Gasteiger partial charge in [-0.3, -0.25) is 16.1 Å². The predicted molar refractivity (Wildman–Crippen MR) is 52.8 cm³/mol. The summed E-state index contributed by atoms with van der Waals surface area (Å²) in [6.45, 7) is 4.19. The average Bonchev–Trinajstić information content (AvgIpc) is 2.09. The van der Waals surface area contributed by atoms with Gasteiger partial charge in [0, 0.05) is 12.5 Å². The van der Waals surface area contributed by atoms with E-state index in [9.17, 15) is 4.79 Å². The number of hydrazine groups is 1. The first-order chi connectivity index (χ1) is 6.15. The number of hydrogen-bond acceptors (Lipinski definition) is 3. The zero-order chi connectivity index (χ0) is 9.84. The van der Waals surface area contributed by atoms with Crippen LogP contribution in [0.25, 0.3) is 0 Å². The number of hydrogen-bond donors (Lipinski definition) is 2. The second-order valence-corrected chi connectivity index (χ2v) is 3.60. The standard InChI is InChI=1S/C10H16N2O/c1-7(2)10(12-11)8-3-5-9(13)6-4-8/h3-5,7,10,12H,6,11H2,1-2H3. The van der Waals surface area contributed by atoms with Crippen LogP contribution in [0.15, 0.2) is 23.8 Å². The first kappa shape index (κ1) is 10.2. The Morgan fingerprint density at radius 2 is 2.15 bits per heavy atom. The van der Waals surface area contributed by atoms with Crippen LogP contribution >= 0.6 is 0 Å². The van der Waals surface area contributed by atoms with Crippen molar-refractivity contribution in [1.82, 2.24) is 5.43 Å². The fraction of sp³-hybridized carbons (Fsp3) is 0.500. The number of nitrogens with two attached hydrogens (primary N) is 1. The van der Waals surface area contributed by atoms with Crippen molar-refractivity contribution in [1.29, 1.82) is 0 Å². The van der Waals surface area contributed by atoms with E-state index in [1.54, 1.807) is 6.08 Å². The SMILES string of the molecule is CC(C)C(NN)C1=CCC(=O)C=C1. The van der Waals surface area contributed by atoms with Gasteiger partial charge >= 0.3 is 0 Å². The van der Waals surface area contributed by atoms with Gasteiger partial charge in [-0.1, -0.05) is 26.0 Å². The van der Waals surface area contributed by atoms with Gasteiger partial charge in [0.1, 0.15) is 0 Å². The second kappa shape index (κ2) is 4.35. The molecule has 0 spiro atoms. The highest BCUT2D eigenvalue weighted by Gasteiger charge is 2.16. The molecule has 72 valence electrons. The van der Waals surface area contributed by atoms with Gasteiger partial charge in [-0.25, -0.2) is 0 Å². The van der Waals surface area contributed by atoms with E-state index in [0.717, 1.165) is 5.57 Å². The Hall–Kier alpha value is -0.930. The van der Waals surface area contributed by atoms with Crippen LogP contribution in [-0.2, 0) is 4.79 Å². The monoisotopic (exact) mass is 180 g/mol. The Kier molecular flexibility index (Phi) is 3.39. The fourth-order valence-electron chi connectivity index (χ4n) is 1.45. The summed E-state index contributed by atoms with van der Waals surface area (Å²) in [6.07, 6.45) is 5.89. The number of nitrogens with one attached hydrogen (secondary N) is 1. The molecule has 3 heteroatoms. The van der Waals surface area contributed by atoms with Gasteiger partial charge in [0.05, 0.1) is 0 Å². The third kappa shape index (κ3) is 2.50. The molecule has 1 atom stereocenters. The first-order valence-corrected chi connectivity index (χ1v) is 4.52. The van der Waals surface area contributed by atoms with Crippen LogP contribution in [-0.4, -0.2) is 11.8 Å². The zero-order valence-corrected chi connectivity index (χ0v) is 8.08. The Labute approximate surface area is 78.7 Å². The summed E-state index contributed by atoms with van der Waals surface area (Å²) in [4.78, 5) is 10.9. The molecule has 0 fully saturated rings. The van der Waals surface area contributed by atoms with Crippen LogP contribution in [0.3, 0.4) is 0 Å². The van der Waals surface area contributed by atoms with Gasteiger partial charge < -0.3 is 0 Å². The molecule has 13 heavy (non-hydrogen) atoms. The van der Waals surface area contributed by atoms with Gasteiger partial charge in [-0.15, -0.1) is 0 Å². The van der Waals surface area contributed by atoms with Crippen LogP contribution in [0.1, 0.15) is 20.3 Å². The summed E-state index contributed by atoms with van der Waals surface area (Å²) in [5.74, 6) is 6.01. The first-order valence-electron chi connectivity index (χ1n) is 4.52. The van der Waals surface area contributed by atoms with E-state index in [0.29, 0.717) is 12.3 Å². The maximum absolute atomic E-state index is 10.9. The van der Waals surface area contributed by atoms with Crippen LogP contribution < -0.4 is 11.3 Å². The molecular weight excluding hydrogens is 164 g/mol. The van der Waals surface area contributed by atoms with Gasteiger partial charge in [-0.05, 0) is 17.6 Å². The molecule has 1 aliphatic rings. The molecule has 0 saturated heterocycles. The number of ketones is 1. The fourth-order valence-corrected chi connectivity index (χ4v) is 1.45. The van der Waals surface area contributed by atoms with Crippen molar-refractivity contribution >= 4 is 5.78 Å². The van der Waals surface area contributed by atoms with Crippen LogP contribution in [0, 0.1) is 5.92 Å². The lowest BCUT2D eigenvalue weighted by Crippen LogP contribution is -2.40. The van der Waals surface area contributed by atoms with Crippen molar-refractivity contribution in [3.63, 3.8) is 0 Å². The van der Waals surface area contributed by atoms with Crippen LogP contribution in [0.2, 0.25) is 0 Å². The molecule has 1 unspecified atom stereocenters. The van der Waals surface area contributed by atoms with E-state index in [-0.39, 0.29) is 11.8 Å². The Bertz CT molecular complexity index is 254. The van der Waals surface area contributed by atoms with E-state index in [2.05, 4.69) is 19.3 Å². The quantitative estimate of drug-likeness (QED) is 0.502. The van der Waals surface area contributed by atoms with E-state index < -0.39 is 0 Å². The lowest BCUT2D eigenvalue weighted by molar-refractivity contribution is -0.113. The summed E-state index contributed by atoms with van der Waals surface area (Å²) in [6, 6.07) is 0.143. The molecule has 0 heterocycles. The smallest absolute Gasteiger partial charge is 0.159 e. The lowest BCUT2D eigenvalue weighted by Gasteiger charge is -2.22. The van der Waals surface area contributed by atoms with Crippen LogP contribution in [0.4, 0.5) is 0 Å². The van der Waals surface area contributed by atoms with Gasteiger partial charge in [0.2, 0.25) is 0 Å². The second-order valence-electron chi connectivity index (χ2n) is 3.60. The molecule has 0 aromatic carbocycles. The summed E-state index contributed by atoms with van der Waals surface area (Å²) >= 11 is 0. The summed E-state index contributed by atoms with van der Waals surface area (Å²) in [5, 5.41) is 0. The molecule has 0 radical (unpaired) electrons. The molecule has 0 amide bonds. The van der Waals surface area contributed by atoms with Crippen molar-refractivity contribution in [2.75, 3.05) is 0 Å². The van der Waals surface area contributed by atoms with E-state index in [1.165, 1.54) is 0 Å². The van der Waals surface area contributed by atoms with Crippen molar-refractivity contribution in [2.45, 2.75) is 26.3 Å². The highest BCUT2D eigenvalue weighted by Crippen LogP contribution is 2.16. The average molecular weight is 180 g/mol. The van der Waals surface area contributed by atoms with Gasteiger partial charge in [-0.2, -0.15) is 0 Å². The summed E-state index contributed by atoms with van der Waals surface area (Å²) in [5.41, 5.74) is 3.86. The summed E-state index contributed by atoms with van der Waals surface area (Å²) in [7, 11) is 0. The third-order valence-electron chi connectivity index (χ3n) is 2.21. The van der Waals surface area contributed by atoms with Crippen molar-refractivity contribution in [2.24, 2.45) is 11.8 Å². The topological polar surface area (TPSA) is 55.1 Å².